The van der Waals surface area contributed by atoms with Crippen LogP contribution in [0.2, 0.25) is 0 Å². The maximum absolute atomic E-state index is 3.25. The SMILES string of the molecule is CCC/C=C\C#CNC1CCCC1. The van der Waals surface area contributed by atoms with Crippen molar-refractivity contribution in [2.75, 3.05) is 0 Å². The average molecular weight is 177 g/mol. The van der Waals surface area contributed by atoms with Crippen LogP contribution in [0.1, 0.15) is 45.4 Å². The lowest BCUT2D eigenvalue weighted by molar-refractivity contribution is 0.621. The van der Waals surface area contributed by atoms with Crippen LogP contribution in [0.3, 0.4) is 0 Å². The number of unbranched alkanes of at least 4 members (excludes halogenated alkanes) is 1. The van der Waals surface area contributed by atoms with Crippen LogP contribution in [0, 0.1) is 12.0 Å². The average Bonchev–Trinajstić information content (AvgIpc) is 2.63. The Hall–Kier alpha value is -0.900. The van der Waals surface area contributed by atoms with Crippen LogP contribution in [0.4, 0.5) is 0 Å². The van der Waals surface area contributed by atoms with Gasteiger partial charge in [0.1, 0.15) is 0 Å². The Balaban J connectivity index is 2.08. The quantitative estimate of drug-likeness (QED) is 0.516. The molecule has 1 saturated carbocycles. The Bertz CT molecular complexity index is 201. The monoisotopic (exact) mass is 177 g/mol. The molecule has 0 aromatic heterocycles. The minimum absolute atomic E-state index is 0.659. The summed E-state index contributed by atoms with van der Waals surface area (Å²) >= 11 is 0. The van der Waals surface area contributed by atoms with Gasteiger partial charge < -0.3 is 5.32 Å². The van der Waals surface area contributed by atoms with Crippen molar-refractivity contribution in [1.82, 2.24) is 5.32 Å². The first-order valence-electron chi connectivity index (χ1n) is 5.34. The van der Waals surface area contributed by atoms with Gasteiger partial charge in [0.15, 0.2) is 0 Å². The minimum atomic E-state index is 0.659. The summed E-state index contributed by atoms with van der Waals surface area (Å²) in [7, 11) is 0. The molecule has 1 N–H and O–H groups in total. The van der Waals surface area contributed by atoms with Gasteiger partial charge in [-0.2, -0.15) is 0 Å². The Kier molecular flexibility index (Phi) is 5.17. The van der Waals surface area contributed by atoms with Gasteiger partial charge in [-0.3, -0.25) is 0 Å². The number of nitrogens with one attached hydrogen (secondary N) is 1. The third-order valence-corrected chi connectivity index (χ3v) is 2.36. The van der Waals surface area contributed by atoms with Crippen molar-refractivity contribution in [3.05, 3.63) is 12.2 Å². The summed E-state index contributed by atoms with van der Waals surface area (Å²) in [5, 5.41) is 3.25. The minimum Gasteiger partial charge on any atom is -0.343 e. The summed E-state index contributed by atoms with van der Waals surface area (Å²) in [4.78, 5) is 0. The second kappa shape index (κ2) is 6.60. The van der Waals surface area contributed by atoms with Gasteiger partial charge in [-0.05, 0) is 25.3 Å². The van der Waals surface area contributed by atoms with Crippen LogP contribution in [0.25, 0.3) is 0 Å². The van der Waals surface area contributed by atoms with E-state index in [4.69, 9.17) is 0 Å². The summed E-state index contributed by atoms with van der Waals surface area (Å²) in [6, 6.07) is 3.66. The van der Waals surface area contributed by atoms with Crippen molar-refractivity contribution in [3.63, 3.8) is 0 Å². The highest BCUT2D eigenvalue weighted by Crippen LogP contribution is 2.16. The van der Waals surface area contributed by atoms with Crippen molar-refractivity contribution in [2.24, 2.45) is 0 Å². The van der Waals surface area contributed by atoms with Gasteiger partial charge in [0, 0.05) is 12.1 Å². The van der Waals surface area contributed by atoms with E-state index in [0.717, 1.165) is 6.42 Å². The number of hydrogen-bond donors (Lipinski definition) is 1. The van der Waals surface area contributed by atoms with Crippen molar-refractivity contribution < 1.29 is 0 Å². The van der Waals surface area contributed by atoms with Gasteiger partial charge in [0.25, 0.3) is 0 Å². The Labute approximate surface area is 81.6 Å². The van der Waals surface area contributed by atoms with Gasteiger partial charge in [0.05, 0.1) is 0 Å². The molecule has 0 radical (unpaired) electrons. The standard InChI is InChI=1S/C12H19N/c1-2-3-4-5-8-11-13-12-9-6-7-10-12/h4-5,12-13H,2-3,6-7,9-10H2,1H3/b5-4-. The molecule has 13 heavy (non-hydrogen) atoms. The molecular formula is C12H19N. The predicted molar refractivity (Wildman–Crippen MR) is 57.2 cm³/mol. The van der Waals surface area contributed by atoms with Gasteiger partial charge in [-0.15, -0.1) is 0 Å². The molecule has 0 aliphatic heterocycles. The molecule has 0 heterocycles. The summed E-state index contributed by atoms with van der Waals surface area (Å²) < 4.78 is 0. The molecule has 1 aliphatic rings. The smallest absolute Gasteiger partial charge is 0.0340 e. The van der Waals surface area contributed by atoms with Gasteiger partial charge in [-0.25, -0.2) is 0 Å². The molecule has 0 atom stereocenters. The van der Waals surface area contributed by atoms with Crippen molar-refractivity contribution in [2.45, 2.75) is 51.5 Å². The largest absolute Gasteiger partial charge is 0.343 e. The Morgan fingerprint density at radius 3 is 2.85 bits per heavy atom. The number of hydrogen-bond acceptors (Lipinski definition) is 1. The van der Waals surface area contributed by atoms with E-state index in [9.17, 15) is 0 Å². The third-order valence-electron chi connectivity index (χ3n) is 2.36. The molecule has 0 saturated heterocycles. The lowest BCUT2D eigenvalue weighted by Crippen LogP contribution is -2.20. The van der Waals surface area contributed by atoms with Crippen LogP contribution >= 0.6 is 0 Å². The van der Waals surface area contributed by atoms with E-state index in [-0.39, 0.29) is 0 Å². The molecule has 1 rings (SSSR count). The zero-order valence-corrected chi connectivity index (χ0v) is 8.47. The predicted octanol–water partition coefficient (Wildman–Crippen LogP) is 2.84. The van der Waals surface area contributed by atoms with E-state index in [0.29, 0.717) is 6.04 Å². The first kappa shape index (κ1) is 10.2. The molecule has 0 spiro atoms. The van der Waals surface area contributed by atoms with Crippen LogP contribution in [0.5, 0.6) is 0 Å². The van der Waals surface area contributed by atoms with E-state index in [1.807, 2.05) is 6.08 Å². The molecule has 0 aromatic carbocycles. The van der Waals surface area contributed by atoms with E-state index in [1.54, 1.807) is 0 Å². The van der Waals surface area contributed by atoms with E-state index < -0.39 is 0 Å². The normalized spacial score (nSPS) is 17.3. The van der Waals surface area contributed by atoms with Crippen LogP contribution in [-0.4, -0.2) is 6.04 Å². The maximum Gasteiger partial charge on any atom is 0.0340 e. The molecule has 1 heteroatoms. The first-order valence-corrected chi connectivity index (χ1v) is 5.34. The molecule has 1 fully saturated rings. The molecule has 1 nitrogen and oxygen atoms in total. The van der Waals surface area contributed by atoms with Crippen molar-refractivity contribution >= 4 is 0 Å². The topological polar surface area (TPSA) is 12.0 Å². The number of rotatable bonds is 3. The zero-order valence-electron chi connectivity index (χ0n) is 8.47. The van der Waals surface area contributed by atoms with Crippen molar-refractivity contribution in [3.8, 4) is 12.0 Å². The highest BCUT2D eigenvalue weighted by molar-refractivity contribution is 5.14. The Morgan fingerprint density at radius 2 is 2.15 bits per heavy atom. The first-order chi connectivity index (χ1) is 6.43. The van der Waals surface area contributed by atoms with Crippen LogP contribution in [0.15, 0.2) is 12.2 Å². The van der Waals surface area contributed by atoms with Crippen LogP contribution < -0.4 is 5.32 Å². The van der Waals surface area contributed by atoms with Crippen LogP contribution in [-0.2, 0) is 0 Å². The van der Waals surface area contributed by atoms with Gasteiger partial charge in [-0.1, -0.05) is 38.2 Å². The lowest BCUT2D eigenvalue weighted by Gasteiger charge is -2.04. The zero-order chi connectivity index (χ0) is 9.36. The molecule has 0 bridgehead atoms. The molecule has 0 aromatic rings. The van der Waals surface area contributed by atoms with Gasteiger partial charge >= 0.3 is 0 Å². The second-order valence-corrected chi connectivity index (χ2v) is 3.59. The molecule has 1 aliphatic carbocycles. The molecule has 72 valence electrons. The summed E-state index contributed by atoms with van der Waals surface area (Å²) in [6.07, 6.45) is 11.7. The lowest BCUT2D eigenvalue weighted by atomic mass is 10.3. The second-order valence-electron chi connectivity index (χ2n) is 3.59. The molecule has 0 amide bonds. The van der Waals surface area contributed by atoms with E-state index >= 15 is 0 Å². The summed E-state index contributed by atoms with van der Waals surface area (Å²) in [5.74, 6) is 3.01. The fraction of sp³-hybridized carbons (Fsp3) is 0.667. The maximum atomic E-state index is 3.25. The van der Waals surface area contributed by atoms with E-state index in [1.165, 1.54) is 32.1 Å². The van der Waals surface area contributed by atoms with Crippen molar-refractivity contribution in [1.29, 1.82) is 0 Å². The molecule has 0 unspecified atom stereocenters. The number of allylic oxidation sites excluding steroid dienone is 2. The molecular weight excluding hydrogens is 158 g/mol. The summed E-state index contributed by atoms with van der Waals surface area (Å²) in [6.45, 7) is 2.18. The van der Waals surface area contributed by atoms with Gasteiger partial charge in [0.2, 0.25) is 0 Å². The fourth-order valence-corrected chi connectivity index (χ4v) is 1.56. The summed E-state index contributed by atoms with van der Waals surface area (Å²) in [5.41, 5.74) is 0. The highest BCUT2D eigenvalue weighted by Gasteiger charge is 2.12. The third kappa shape index (κ3) is 4.62. The Morgan fingerprint density at radius 1 is 1.38 bits per heavy atom. The fourth-order valence-electron chi connectivity index (χ4n) is 1.56. The highest BCUT2D eigenvalue weighted by atomic mass is 14.9. The van der Waals surface area contributed by atoms with E-state index in [2.05, 4.69) is 30.3 Å².